The van der Waals surface area contributed by atoms with Crippen molar-refractivity contribution in [3.05, 3.63) is 77.1 Å². The zero-order valence-corrected chi connectivity index (χ0v) is 17.3. The van der Waals surface area contributed by atoms with Gasteiger partial charge >= 0.3 is 0 Å². The lowest BCUT2D eigenvalue weighted by molar-refractivity contribution is 0.630. The molecule has 0 aliphatic heterocycles. The molecule has 0 fully saturated rings. The number of benzene rings is 3. The summed E-state index contributed by atoms with van der Waals surface area (Å²) in [6.07, 6.45) is 4.87. The van der Waals surface area contributed by atoms with Gasteiger partial charge in [0.2, 0.25) is 0 Å². The Balaban J connectivity index is 1.79. The molecule has 28 heavy (non-hydrogen) atoms. The molecule has 0 amide bonds. The number of nitrogens with zero attached hydrogens (tertiary/aromatic N) is 1. The zero-order valence-electron chi connectivity index (χ0n) is 15.7. The summed E-state index contributed by atoms with van der Waals surface area (Å²) in [7, 11) is 0. The highest BCUT2D eigenvalue weighted by Crippen LogP contribution is 2.34. The van der Waals surface area contributed by atoms with Crippen molar-refractivity contribution in [3.63, 3.8) is 0 Å². The van der Waals surface area contributed by atoms with Crippen LogP contribution in [0.3, 0.4) is 0 Å². The lowest BCUT2D eigenvalue weighted by atomic mass is 9.98. The Bertz CT molecular complexity index is 967. The van der Waals surface area contributed by atoms with E-state index in [1.807, 2.05) is 24.3 Å². The molecular formula is C24H21ClFNS. The first-order valence-electron chi connectivity index (χ1n) is 9.39. The zero-order chi connectivity index (χ0) is 19.9. The topological polar surface area (TPSA) is 12.4 Å². The van der Waals surface area contributed by atoms with Crippen molar-refractivity contribution in [1.82, 2.24) is 0 Å². The number of hydrogen-bond acceptors (Lipinski definition) is 2. The Morgan fingerprint density at radius 1 is 0.893 bits per heavy atom. The van der Waals surface area contributed by atoms with E-state index in [9.17, 15) is 4.39 Å². The third-order valence-electron chi connectivity index (χ3n) is 4.75. The normalized spacial score (nSPS) is 10.5. The SMILES string of the molecule is CCCCCc1ccc(-c2ccc(-c3cc(F)c(N=C=S)c(Cl)c3)cc2)cc1. The molecule has 1 nitrogen and oxygen atoms in total. The molecule has 0 heterocycles. The van der Waals surface area contributed by atoms with E-state index in [-0.39, 0.29) is 10.7 Å². The number of halogens is 2. The lowest BCUT2D eigenvalue weighted by Gasteiger charge is -2.08. The minimum Gasteiger partial charge on any atom is -0.205 e. The van der Waals surface area contributed by atoms with Crippen molar-refractivity contribution in [1.29, 1.82) is 0 Å². The Kier molecular flexibility index (Phi) is 7.11. The van der Waals surface area contributed by atoms with Crippen molar-refractivity contribution < 1.29 is 4.39 Å². The predicted molar refractivity (Wildman–Crippen MR) is 120 cm³/mol. The summed E-state index contributed by atoms with van der Waals surface area (Å²) in [4.78, 5) is 3.68. The molecule has 0 atom stereocenters. The first-order chi connectivity index (χ1) is 13.6. The smallest absolute Gasteiger partial charge is 0.151 e. The standard InChI is InChI=1S/C24H21ClFNS/c1-2-3-4-5-17-6-8-18(9-7-17)19-10-12-20(13-11-19)21-14-22(25)24(27-16-28)23(26)15-21/h6-15H,2-5H2,1H3. The van der Waals surface area contributed by atoms with Crippen LogP contribution in [0.15, 0.2) is 65.7 Å². The molecular weight excluding hydrogens is 389 g/mol. The van der Waals surface area contributed by atoms with Crippen LogP contribution in [-0.2, 0) is 6.42 Å². The highest BCUT2D eigenvalue weighted by molar-refractivity contribution is 7.78. The van der Waals surface area contributed by atoms with Gasteiger partial charge in [0.05, 0.1) is 10.2 Å². The summed E-state index contributed by atoms with van der Waals surface area (Å²) in [6, 6.07) is 19.8. The van der Waals surface area contributed by atoms with Gasteiger partial charge in [0.25, 0.3) is 0 Å². The fourth-order valence-corrected chi connectivity index (χ4v) is 3.52. The van der Waals surface area contributed by atoms with Gasteiger partial charge < -0.3 is 0 Å². The van der Waals surface area contributed by atoms with Crippen LogP contribution in [0.4, 0.5) is 10.1 Å². The molecule has 142 valence electrons. The summed E-state index contributed by atoms with van der Waals surface area (Å²) in [5.74, 6) is -0.511. The summed E-state index contributed by atoms with van der Waals surface area (Å²) in [5, 5.41) is 2.37. The third kappa shape index (κ3) is 4.94. The number of aliphatic imine (C=N–C) groups is 1. The fraction of sp³-hybridized carbons (Fsp3) is 0.208. The van der Waals surface area contributed by atoms with Gasteiger partial charge in [-0.15, -0.1) is 0 Å². The molecule has 0 saturated carbocycles. The van der Waals surface area contributed by atoms with E-state index in [4.69, 9.17) is 11.6 Å². The van der Waals surface area contributed by atoms with Crippen molar-refractivity contribution in [3.8, 4) is 22.3 Å². The average Bonchev–Trinajstić information content (AvgIpc) is 2.71. The molecule has 0 radical (unpaired) electrons. The van der Waals surface area contributed by atoms with Crippen LogP contribution in [-0.4, -0.2) is 5.16 Å². The van der Waals surface area contributed by atoms with Gasteiger partial charge in [0.1, 0.15) is 5.69 Å². The fourth-order valence-electron chi connectivity index (χ4n) is 3.18. The summed E-state index contributed by atoms with van der Waals surface area (Å²) < 4.78 is 14.2. The van der Waals surface area contributed by atoms with Crippen LogP contribution in [0.1, 0.15) is 31.7 Å². The van der Waals surface area contributed by atoms with Gasteiger partial charge in [0, 0.05) is 0 Å². The molecule has 3 aromatic rings. The summed E-state index contributed by atoms with van der Waals surface area (Å²) in [5.41, 5.74) is 5.27. The van der Waals surface area contributed by atoms with Crippen molar-refractivity contribution in [2.24, 2.45) is 4.99 Å². The van der Waals surface area contributed by atoms with Crippen molar-refractivity contribution in [2.75, 3.05) is 0 Å². The van der Waals surface area contributed by atoms with Crippen molar-refractivity contribution >= 4 is 34.7 Å². The lowest BCUT2D eigenvalue weighted by Crippen LogP contribution is -1.86. The van der Waals surface area contributed by atoms with E-state index in [0.29, 0.717) is 5.56 Å². The molecule has 0 aliphatic rings. The van der Waals surface area contributed by atoms with Crippen LogP contribution in [0.5, 0.6) is 0 Å². The van der Waals surface area contributed by atoms with Crippen LogP contribution in [0.25, 0.3) is 22.3 Å². The van der Waals surface area contributed by atoms with Gasteiger partial charge in [-0.25, -0.2) is 4.39 Å². The summed E-state index contributed by atoms with van der Waals surface area (Å²) >= 11 is 10.7. The number of rotatable bonds is 7. The number of hydrogen-bond donors (Lipinski definition) is 0. The maximum Gasteiger partial charge on any atom is 0.151 e. The van der Waals surface area contributed by atoms with Crippen molar-refractivity contribution in [2.45, 2.75) is 32.6 Å². The second-order valence-corrected chi connectivity index (χ2v) is 7.31. The number of thiocarbonyl (C=S) groups is 1. The van der Waals surface area contributed by atoms with Crippen LogP contribution < -0.4 is 0 Å². The van der Waals surface area contributed by atoms with Crippen LogP contribution >= 0.6 is 23.8 Å². The molecule has 0 saturated heterocycles. The highest BCUT2D eigenvalue weighted by Gasteiger charge is 2.10. The quantitative estimate of drug-likeness (QED) is 0.217. The third-order valence-corrected chi connectivity index (χ3v) is 5.13. The average molecular weight is 410 g/mol. The molecule has 3 rings (SSSR count). The maximum absolute atomic E-state index is 14.2. The molecule has 0 aliphatic carbocycles. The molecule has 0 unspecified atom stereocenters. The first kappa shape index (κ1) is 20.4. The monoisotopic (exact) mass is 409 g/mol. The summed E-state index contributed by atoms with van der Waals surface area (Å²) in [6.45, 7) is 2.22. The van der Waals surface area contributed by atoms with Gasteiger partial charge in [0.15, 0.2) is 5.82 Å². The molecule has 0 spiro atoms. The predicted octanol–water partition coefficient (Wildman–Crippen LogP) is 8.28. The molecule has 0 N–H and O–H groups in total. The maximum atomic E-state index is 14.2. The molecule has 0 bridgehead atoms. The Morgan fingerprint density at radius 2 is 1.46 bits per heavy atom. The highest BCUT2D eigenvalue weighted by atomic mass is 35.5. The van der Waals surface area contributed by atoms with E-state index >= 15 is 0 Å². The molecule has 0 aromatic heterocycles. The van der Waals surface area contributed by atoms with E-state index in [2.05, 4.69) is 53.6 Å². The molecule has 3 aromatic carbocycles. The second kappa shape index (κ2) is 9.75. The van der Waals surface area contributed by atoms with Gasteiger partial charge in [-0.1, -0.05) is 79.9 Å². The number of aryl methyl sites for hydroxylation is 1. The van der Waals surface area contributed by atoms with E-state index in [1.165, 1.54) is 36.5 Å². The number of unbranched alkanes of at least 4 members (excludes halogenated alkanes) is 2. The minimum atomic E-state index is -0.511. The van der Waals surface area contributed by atoms with E-state index in [1.54, 1.807) is 6.07 Å². The van der Waals surface area contributed by atoms with Gasteiger partial charge in [-0.3, -0.25) is 0 Å². The Labute approximate surface area is 175 Å². The largest absolute Gasteiger partial charge is 0.205 e. The molecule has 4 heteroatoms. The van der Waals surface area contributed by atoms with Gasteiger partial charge in [-0.2, -0.15) is 4.99 Å². The van der Waals surface area contributed by atoms with E-state index < -0.39 is 5.82 Å². The Hall–Kier alpha value is -2.32. The van der Waals surface area contributed by atoms with Crippen LogP contribution in [0, 0.1) is 5.82 Å². The Morgan fingerprint density at radius 3 is 2.00 bits per heavy atom. The minimum absolute atomic E-state index is 0.0241. The first-order valence-corrected chi connectivity index (χ1v) is 10.2. The van der Waals surface area contributed by atoms with Gasteiger partial charge in [-0.05, 0) is 65.0 Å². The second-order valence-electron chi connectivity index (χ2n) is 6.72. The number of isothiocyanates is 1. The van der Waals surface area contributed by atoms with E-state index in [0.717, 1.165) is 17.5 Å². The van der Waals surface area contributed by atoms with Crippen LogP contribution in [0.2, 0.25) is 5.02 Å².